The molecule has 0 nitrogen and oxygen atoms in total. The first-order valence-corrected chi connectivity index (χ1v) is 15.4. The molecule has 1 unspecified atom stereocenters. The Morgan fingerprint density at radius 1 is 0.355 bits per heavy atom. The first kappa shape index (κ1) is 31.2. The third-order valence-electron chi connectivity index (χ3n) is 6.86. The van der Waals surface area contributed by atoms with Crippen molar-refractivity contribution in [3.05, 3.63) is 11.9 Å². The van der Waals surface area contributed by atoms with E-state index in [1.165, 1.54) is 173 Å². The quantitative estimate of drug-likeness (QED) is 0.0858. The van der Waals surface area contributed by atoms with Gasteiger partial charge in [-0.3, -0.25) is 0 Å². The van der Waals surface area contributed by atoms with Crippen LogP contribution in [-0.2, 0) is 0 Å². The molecule has 0 radical (unpaired) electrons. The van der Waals surface area contributed by atoms with E-state index in [2.05, 4.69) is 28.1 Å². The van der Waals surface area contributed by atoms with E-state index < -0.39 is 0 Å². The molecule has 0 amide bonds. The summed E-state index contributed by atoms with van der Waals surface area (Å²) < 4.78 is 0. The van der Waals surface area contributed by atoms with Gasteiger partial charge in [-0.05, 0) is 12.8 Å². The van der Waals surface area contributed by atoms with E-state index >= 15 is 0 Å². The van der Waals surface area contributed by atoms with Gasteiger partial charge in [-0.25, -0.2) is 0 Å². The zero-order chi connectivity index (χ0) is 22.5. The van der Waals surface area contributed by atoms with E-state index in [1.807, 2.05) is 0 Å². The highest BCUT2D eigenvalue weighted by atomic mass is 31.0. The topological polar surface area (TPSA) is 0 Å². The number of hydrogen-bond acceptors (Lipinski definition) is 0. The molecular formula is C30H61P. The molecule has 186 valence electrons. The van der Waals surface area contributed by atoms with Crippen molar-refractivity contribution in [1.82, 2.24) is 0 Å². The molecule has 0 spiro atoms. The molecule has 0 heterocycles. The molecule has 0 aromatic heterocycles. The summed E-state index contributed by atoms with van der Waals surface area (Å²) >= 11 is 0. The molecule has 1 atom stereocenters. The third kappa shape index (κ3) is 30.2. The Morgan fingerprint density at radius 3 is 0.806 bits per heavy atom. The first-order chi connectivity index (χ1) is 15.4. The highest BCUT2D eigenvalue weighted by molar-refractivity contribution is 7.20. The monoisotopic (exact) mass is 452 g/mol. The van der Waals surface area contributed by atoms with E-state index in [4.69, 9.17) is 0 Å². The predicted molar refractivity (Wildman–Crippen MR) is 149 cm³/mol. The van der Waals surface area contributed by atoms with Crippen LogP contribution in [0.3, 0.4) is 0 Å². The fourth-order valence-corrected chi connectivity index (χ4v) is 4.87. The molecule has 0 rings (SSSR count). The van der Waals surface area contributed by atoms with Gasteiger partial charge in [-0.1, -0.05) is 179 Å². The zero-order valence-corrected chi connectivity index (χ0v) is 23.0. The molecule has 31 heavy (non-hydrogen) atoms. The maximum atomic E-state index is 2.66. The van der Waals surface area contributed by atoms with Gasteiger partial charge < -0.3 is 0 Å². The van der Waals surface area contributed by atoms with Gasteiger partial charge in [0.05, 0.1) is 0 Å². The van der Waals surface area contributed by atoms with Gasteiger partial charge in [0.1, 0.15) is 0 Å². The van der Waals surface area contributed by atoms with Crippen molar-refractivity contribution in [2.45, 2.75) is 180 Å². The van der Waals surface area contributed by atoms with Gasteiger partial charge in [0, 0.05) is 0 Å². The predicted octanol–water partition coefficient (Wildman–Crippen LogP) is 11.9. The lowest BCUT2D eigenvalue weighted by Crippen LogP contribution is -1.84. The van der Waals surface area contributed by atoms with Crippen LogP contribution in [0, 0.1) is 0 Å². The third-order valence-corrected chi connectivity index (χ3v) is 7.13. The van der Waals surface area contributed by atoms with Crippen molar-refractivity contribution in [3.63, 3.8) is 0 Å². The first-order valence-electron chi connectivity index (χ1n) is 14.8. The maximum Gasteiger partial charge on any atom is -0.0347 e. The minimum Gasteiger partial charge on any atom is -0.114 e. The Morgan fingerprint density at radius 2 is 0.581 bits per heavy atom. The second kappa shape index (κ2) is 30.2. The molecule has 0 saturated carbocycles. The van der Waals surface area contributed by atoms with Crippen molar-refractivity contribution in [2.75, 3.05) is 0 Å². The van der Waals surface area contributed by atoms with Crippen LogP contribution in [0.2, 0.25) is 0 Å². The zero-order valence-electron chi connectivity index (χ0n) is 21.8. The molecule has 1 heteroatoms. The molecule has 0 aliphatic heterocycles. The van der Waals surface area contributed by atoms with Gasteiger partial charge >= 0.3 is 0 Å². The SMILES string of the molecule is CCCCCCCCCCCCCCCCCCCCCCCCCCCCC=CP. The van der Waals surface area contributed by atoms with Gasteiger partial charge in [-0.15, -0.1) is 9.24 Å². The van der Waals surface area contributed by atoms with E-state index in [0.717, 1.165) is 0 Å². The Balaban J connectivity index is 2.99. The van der Waals surface area contributed by atoms with Gasteiger partial charge in [0.25, 0.3) is 0 Å². The van der Waals surface area contributed by atoms with E-state index in [0.29, 0.717) is 0 Å². The van der Waals surface area contributed by atoms with Crippen LogP contribution in [0.15, 0.2) is 11.9 Å². The minimum absolute atomic E-state index is 1.27. The number of rotatable bonds is 27. The molecule has 0 aromatic rings. The molecule has 0 saturated heterocycles. The van der Waals surface area contributed by atoms with E-state index in [9.17, 15) is 0 Å². The summed E-state index contributed by atoms with van der Waals surface area (Å²) in [6, 6.07) is 0. The molecule has 0 N–H and O–H groups in total. The van der Waals surface area contributed by atoms with Crippen LogP contribution in [0.5, 0.6) is 0 Å². The second-order valence-corrected chi connectivity index (χ2v) is 10.4. The highest BCUT2D eigenvalue weighted by Gasteiger charge is 1.96. The Bertz CT molecular complexity index is 322. The summed E-state index contributed by atoms with van der Waals surface area (Å²) in [6.45, 7) is 2.30. The Hall–Kier alpha value is 0.170. The van der Waals surface area contributed by atoms with E-state index in [1.54, 1.807) is 0 Å². The van der Waals surface area contributed by atoms with Crippen molar-refractivity contribution < 1.29 is 0 Å². The lowest BCUT2D eigenvalue weighted by molar-refractivity contribution is 0.515. The Labute approximate surface area is 201 Å². The standard InChI is InChI=1S/C30H61P/c1-2-3-4-5-6-7-8-9-10-11-12-13-14-15-16-17-18-19-20-21-22-23-24-25-26-27-28-29-30-31/h29-30H,2-28,31H2,1H3. The molecule has 0 aliphatic rings. The number of hydrogen-bond donors (Lipinski definition) is 0. The molecular weight excluding hydrogens is 391 g/mol. The maximum absolute atomic E-state index is 2.66. The number of allylic oxidation sites excluding steroid dienone is 1. The van der Waals surface area contributed by atoms with Crippen molar-refractivity contribution >= 4 is 9.24 Å². The minimum atomic E-state index is 1.27. The highest BCUT2D eigenvalue weighted by Crippen LogP contribution is 2.16. The average Bonchev–Trinajstić information content (AvgIpc) is 2.78. The molecule has 0 bridgehead atoms. The summed E-state index contributed by atoms with van der Waals surface area (Å²) in [6.07, 6.45) is 41.8. The largest absolute Gasteiger partial charge is 0.114 e. The van der Waals surface area contributed by atoms with Crippen molar-refractivity contribution in [2.24, 2.45) is 0 Å². The second-order valence-electron chi connectivity index (χ2n) is 10.1. The van der Waals surface area contributed by atoms with Crippen molar-refractivity contribution in [1.29, 1.82) is 0 Å². The van der Waals surface area contributed by atoms with Crippen LogP contribution < -0.4 is 0 Å². The van der Waals surface area contributed by atoms with Gasteiger partial charge in [-0.2, -0.15) is 0 Å². The summed E-state index contributed by atoms with van der Waals surface area (Å²) in [4.78, 5) is 0. The average molecular weight is 453 g/mol. The summed E-state index contributed by atoms with van der Waals surface area (Å²) in [7, 11) is 2.66. The van der Waals surface area contributed by atoms with Crippen LogP contribution >= 0.6 is 9.24 Å². The van der Waals surface area contributed by atoms with Crippen LogP contribution in [0.1, 0.15) is 180 Å². The number of unbranched alkanes of at least 4 members (excludes halogenated alkanes) is 26. The van der Waals surface area contributed by atoms with Crippen LogP contribution in [0.4, 0.5) is 0 Å². The van der Waals surface area contributed by atoms with E-state index in [-0.39, 0.29) is 0 Å². The smallest absolute Gasteiger partial charge is 0.0347 e. The van der Waals surface area contributed by atoms with Gasteiger partial charge in [0.2, 0.25) is 0 Å². The molecule has 0 fully saturated rings. The lowest BCUT2D eigenvalue weighted by atomic mass is 10.0. The summed E-state index contributed by atoms with van der Waals surface area (Å²) in [5.41, 5.74) is 0. The normalized spacial score (nSPS) is 11.7. The summed E-state index contributed by atoms with van der Waals surface area (Å²) in [5.74, 6) is 2.10. The van der Waals surface area contributed by atoms with Crippen LogP contribution in [-0.4, -0.2) is 0 Å². The fourth-order valence-electron chi connectivity index (χ4n) is 4.67. The van der Waals surface area contributed by atoms with Crippen molar-refractivity contribution in [3.8, 4) is 0 Å². The lowest BCUT2D eigenvalue weighted by Gasteiger charge is -2.04. The fraction of sp³-hybridized carbons (Fsp3) is 0.933. The Kier molecular flexibility index (Phi) is 30.3. The summed E-state index contributed by atoms with van der Waals surface area (Å²) in [5, 5.41) is 0. The van der Waals surface area contributed by atoms with Crippen LogP contribution in [0.25, 0.3) is 0 Å². The molecule has 0 aromatic carbocycles. The van der Waals surface area contributed by atoms with Gasteiger partial charge in [0.15, 0.2) is 0 Å². The molecule has 0 aliphatic carbocycles.